The van der Waals surface area contributed by atoms with Crippen molar-refractivity contribution < 1.29 is 0 Å². The van der Waals surface area contributed by atoms with Crippen LogP contribution < -0.4 is 10.6 Å². The van der Waals surface area contributed by atoms with Crippen LogP contribution in [-0.2, 0) is 13.1 Å². The van der Waals surface area contributed by atoms with Gasteiger partial charge in [-0.1, -0.05) is 23.7 Å². The number of nitrogens with zero attached hydrogens (tertiary/aromatic N) is 3. The molecule has 7 heteroatoms. The van der Waals surface area contributed by atoms with Crippen molar-refractivity contribution in [3.05, 3.63) is 59.1 Å². The SMILES string of the molecule is CCNC(=NCc1ccc(Cl)nc1)NCc1ccccn1.I. The molecule has 0 bridgehead atoms. The van der Waals surface area contributed by atoms with E-state index in [0.29, 0.717) is 18.2 Å². The van der Waals surface area contributed by atoms with Gasteiger partial charge in [0.15, 0.2) is 5.96 Å². The number of pyridine rings is 2. The fourth-order valence-electron chi connectivity index (χ4n) is 1.69. The van der Waals surface area contributed by atoms with E-state index in [4.69, 9.17) is 11.6 Å². The van der Waals surface area contributed by atoms with Crippen LogP contribution in [0.1, 0.15) is 18.2 Å². The number of nitrogens with one attached hydrogen (secondary N) is 2. The van der Waals surface area contributed by atoms with Gasteiger partial charge in [0.05, 0.1) is 18.8 Å². The van der Waals surface area contributed by atoms with Crippen molar-refractivity contribution in [1.82, 2.24) is 20.6 Å². The van der Waals surface area contributed by atoms with Crippen LogP contribution in [0, 0.1) is 0 Å². The second-order valence-corrected chi connectivity index (χ2v) is 4.75. The highest BCUT2D eigenvalue weighted by atomic mass is 127. The molecule has 0 unspecified atom stereocenters. The molecule has 0 aliphatic rings. The Morgan fingerprint density at radius 1 is 1.18 bits per heavy atom. The molecule has 2 aromatic rings. The van der Waals surface area contributed by atoms with Crippen molar-refractivity contribution in [3.8, 4) is 0 Å². The van der Waals surface area contributed by atoms with Gasteiger partial charge in [0, 0.05) is 18.9 Å². The predicted octanol–water partition coefficient (Wildman–Crippen LogP) is 3.00. The average molecular weight is 432 g/mol. The van der Waals surface area contributed by atoms with E-state index in [-0.39, 0.29) is 24.0 Å². The van der Waals surface area contributed by atoms with Gasteiger partial charge in [0.2, 0.25) is 0 Å². The lowest BCUT2D eigenvalue weighted by Crippen LogP contribution is -2.37. The lowest BCUT2D eigenvalue weighted by Gasteiger charge is -2.10. The van der Waals surface area contributed by atoms with Gasteiger partial charge in [-0.15, -0.1) is 24.0 Å². The third kappa shape index (κ3) is 6.57. The maximum absolute atomic E-state index is 5.76. The molecule has 0 saturated carbocycles. The van der Waals surface area contributed by atoms with E-state index < -0.39 is 0 Å². The summed E-state index contributed by atoms with van der Waals surface area (Å²) in [5.74, 6) is 0.748. The third-order valence-electron chi connectivity index (χ3n) is 2.72. The zero-order chi connectivity index (χ0) is 14.9. The molecule has 0 radical (unpaired) electrons. The largest absolute Gasteiger partial charge is 0.357 e. The van der Waals surface area contributed by atoms with E-state index in [2.05, 4.69) is 25.6 Å². The van der Waals surface area contributed by atoms with Crippen LogP contribution in [0.5, 0.6) is 0 Å². The summed E-state index contributed by atoms with van der Waals surface area (Å²) in [7, 11) is 0. The number of rotatable bonds is 5. The van der Waals surface area contributed by atoms with E-state index in [9.17, 15) is 0 Å². The summed E-state index contributed by atoms with van der Waals surface area (Å²) in [6, 6.07) is 9.52. The summed E-state index contributed by atoms with van der Waals surface area (Å²) < 4.78 is 0. The zero-order valence-electron chi connectivity index (χ0n) is 12.3. The Morgan fingerprint density at radius 2 is 2.05 bits per heavy atom. The number of aliphatic imine (C=N–C) groups is 1. The maximum Gasteiger partial charge on any atom is 0.191 e. The molecule has 0 aliphatic carbocycles. The van der Waals surface area contributed by atoms with E-state index in [0.717, 1.165) is 23.8 Å². The van der Waals surface area contributed by atoms with Gasteiger partial charge in [-0.2, -0.15) is 0 Å². The highest BCUT2D eigenvalue weighted by Crippen LogP contribution is 2.06. The molecule has 0 aromatic carbocycles. The molecular formula is C15H19ClIN5. The minimum atomic E-state index is 0. The highest BCUT2D eigenvalue weighted by molar-refractivity contribution is 14.0. The summed E-state index contributed by atoms with van der Waals surface area (Å²) in [6.07, 6.45) is 3.51. The fraction of sp³-hybridized carbons (Fsp3) is 0.267. The number of halogens is 2. The summed E-state index contributed by atoms with van der Waals surface area (Å²) in [6.45, 7) is 4.00. The Bertz CT molecular complexity index is 574. The van der Waals surface area contributed by atoms with E-state index >= 15 is 0 Å². The topological polar surface area (TPSA) is 62.2 Å². The van der Waals surface area contributed by atoms with E-state index in [1.165, 1.54) is 0 Å². The molecular weight excluding hydrogens is 413 g/mol. The Morgan fingerprint density at radius 3 is 2.68 bits per heavy atom. The molecule has 0 atom stereocenters. The van der Waals surface area contributed by atoms with Gasteiger partial charge < -0.3 is 10.6 Å². The normalized spacial score (nSPS) is 10.7. The van der Waals surface area contributed by atoms with Gasteiger partial charge in [-0.25, -0.2) is 9.98 Å². The average Bonchev–Trinajstić information content (AvgIpc) is 2.52. The van der Waals surface area contributed by atoms with E-state index in [1.807, 2.05) is 31.2 Å². The number of hydrogen-bond donors (Lipinski definition) is 2. The van der Waals surface area contributed by atoms with E-state index in [1.54, 1.807) is 18.5 Å². The van der Waals surface area contributed by atoms with Crippen molar-refractivity contribution in [3.63, 3.8) is 0 Å². The molecule has 2 N–H and O–H groups in total. The molecule has 0 aliphatic heterocycles. The van der Waals surface area contributed by atoms with Crippen molar-refractivity contribution in [2.45, 2.75) is 20.0 Å². The first-order valence-electron chi connectivity index (χ1n) is 6.80. The van der Waals surface area contributed by atoms with Gasteiger partial charge in [-0.3, -0.25) is 4.98 Å². The molecule has 22 heavy (non-hydrogen) atoms. The molecule has 2 aromatic heterocycles. The van der Waals surface area contributed by atoms with Crippen molar-refractivity contribution in [1.29, 1.82) is 0 Å². The first kappa shape index (κ1) is 18.6. The first-order valence-corrected chi connectivity index (χ1v) is 7.18. The zero-order valence-corrected chi connectivity index (χ0v) is 15.4. The molecule has 0 spiro atoms. The minimum absolute atomic E-state index is 0. The van der Waals surface area contributed by atoms with Crippen LogP contribution in [0.3, 0.4) is 0 Å². The summed E-state index contributed by atoms with van der Waals surface area (Å²) in [5, 5.41) is 6.94. The van der Waals surface area contributed by atoms with Crippen molar-refractivity contribution in [2.75, 3.05) is 6.54 Å². The Labute approximate surface area is 152 Å². The quantitative estimate of drug-likeness (QED) is 0.331. The molecule has 0 amide bonds. The predicted molar refractivity (Wildman–Crippen MR) is 101 cm³/mol. The molecule has 0 fully saturated rings. The van der Waals surface area contributed by atoms with Crippen LogP contribution in [0.25, 0.3) is 0 Å². The lowest BCUT2D eigenvalue weighted by atomic mass is 10.3. The van der Waals surface area contributed by atoms with Crippen LogP contribution in [-0.4, -0.2) is 22.5 Å². The highest BCUT2D eigenvalue weighted by Gasteiger charge is 1.99. The summed E-state index contributed by atoms with van der Waals surface area (Å²) in [5.41, 5.74) is 1.98. The lowest BCUT2D eigenvalue weighted by molar-refractivity contribution is 0.799. The molecule has 2 heterocycles. The molecule has 2 rings (SSSR count). The van der Waals surface area contributed by atoms with Gasteiger partial charge >= 0.3 is 0 Å². The fourth-order valence-corrected chi connectivity index (χ4v) is 1.80. The Kier molecular flexibility index (Phi) is 8.76. The molecule has 118 valence electrons. The van der Waals surface area contributed by atoms with Crippen LogP contribution in [0.15, 0.2) is 47.7 Å². The number of aromatic nitrogens is 2. The first-order chi connectivity index (χ1) is 10.3. The second kappa shape index (κ2) is 10.3. The summed E-state index contributed by atoms with van der Waals surface area (Å²) in [4.78, 5) is 12.8. The number of guanidine groups is 1. The van der Waals surface area contributed by atoms with Gasteiger partial charge in [-0.05, 0) is 30.7 Å². The Hall–Kier alpha value is -1.41. The van der Waals surface area contributed by atoms with Crippen LogP contribution in [0.2, 0.25) is 5.15 Å². The van der Waals surface area contributed by atoms with Gasteiger partial charge in [0.1, 0.15) is 5.15 Å². The van der Waals surface area contributed by atoms with Crippen molar-refractivity contribution in [2.24, 2.45) is 4.99 Å². The van der Waals surface area contributed by atoms with Crippen LogP contribution in [0.4, 0.5) is 0 Å². The standard InChI is InChI=1S/C15H18ClN5.HI/c1-2-17-15(21-11-13-5-3-4-8-18-13)20-10-12-6-7-14(16)19-9-12;/h3-9H,2,10-11H2,1H3,(H2,17,20,21);1H. The molecule has 0 saturated heterocycles. The number of hydrogen-bond acceptors (Lipinski definition) is 3. The maximum atomic E-state index is 5.76. The van der Waals surface area contributed by atoms with Gasteiger partial charge in [0.25, 0.3) is 0 Å². The van der Waals surface area contributed by atoms with Crippen molar-refractivity contribution >= 4 is 41.5 Å². The second-order valence-electron chi connectivity index (χ2n) is 4.36. The summed E-state index contributed by atoms with van der Waals surface area (Å²) >= 11 is 5.76. The van der Waals surface area contributed by atoms with Crippen LogP contribution >= 0.6 is 35.6 Å². The Balaban J connectivity index is 0.00000242. The molecule has 5 nitrogen and oxygen atoms in total. The third-order valence-corrected chi connectivity index (χ3v) is 2.94. The smallest absolute Gasteiger partial charge is 0.191 e. The monoisotopic (exact) mass is 431 g/mol. The minimum Gasteiger partial charge on any atom is -0.357 e.